The van der Waals surface area contributed by atoms with Crippen LogP contribution in [0.3, 0.4) is 0 Å². The van der Waals surface area contributed by atoms with Crippen LogP contribution in [0.4, 0.5) is 0 Å². The summed E-state index contributed by atoms with van der Waals surface area (Å²) in [4.78, 5) is 0. The van der Waals surface area contributed by atoms with Gasteiger partial charge in [0.1, 0.15) is 23.2 Å². The maximum absolute atomic E-state index is 2.36. The normalized spacial score (nSPS) is 11.0. The molecule has 0 aromatic heterocycles. The highest BCUT2D eigenvalue weighted by atomic mass is 79.9. The van der Waals surface area contributed by atoms with E-state index in [1.54, 1.807) is 0 Å². The maximum Gasteiger partial charge on any atom is 0.116 e. The van der Waals surface area contributed by atoms with Crippen LogP contribution in [-0.4, -0.2) is 0 Å². The Kier molecular flexibility index (Phi) is 7.06. The largest absolute Gasteiger partial charge is 1.00 e. The first-order chi connectivity index (χ1) is 13.7. The van der Waals surface area contributed by atoms with Crippen molar-refractivity contribution >= 4 is 23.2 Å². The van der Waals surface area contributed by atoms with Crippen LogP contribution < -0.4 is 32.9 Å². The van der Waals surface area contributed by atoms with E-state index >= 15 is 0 Å². The molecule has 0 heterocycles. The fourth-order valence-electron chi connectivity index (χ4n) is 4.20. The molecule has 0 bridgehead atoms. The molecule has 29 heavy (non-hydrogen) atoms. The molecule has 0 spiro atoms. The number of aryl methyl sites for hydroxylation is 2. The molecular weight excluding hydrogens is 435 g/mol. The Labute approximate surface area is 185 Å². The summed E-state index contributed by atoms with van der Waals surface area (Å²) in [6.45, 7) is 4.40. The average molecular weight is 461 g/mol. The molecule has 0 nitrogen and oxygen atoms in total. The Morgan fingerprint density at radius 2 is 0.862 bits per heavy atom. The summed E-state index contributed by atoms with van der Waals surface area (Å²) < 4.78 is 0. The molecule has 0 saturated carbocycles. The number of benzene rings is 4. The molecule has 0 unspecified atom stereocenters. The van der Waals surface area contributed by atoms with Crippen molar-refractivity contribution in [3.05, 3.63) is 126 Å². The molecule has 4 rings (SSSR count). The van der Waals surface area contributed by atoms with Gasteiger partial charge in [-0.1, -0.05) is 83.9 Å². The van der Waals surface area contributed by atoms with Gasteiger partial charge < -0.3 is 17.0 Å². The summed E-state index contributed by atoms with van der Waals surface area (Å²) in [6, 6.07) is 40.3. The van der Waals surface area contributed by atoms with E-state index in [0.717, 1.165) is 6.16 Å². The molecule has 0 fully saturated rings. The van der Waals surface area contributed by atoms with Crippen LogP contribution in [0.5, 0.6) is 0 Å². The van der Waals surface area contributed by atoms with E-state index in [1.807, 2.05) is 0 Å². The van der Waals surface area contributed by atoms with Crippen LogP contribution in [0.15, 0.2) is 109 Å². The zero-order valence-electron chi connectivity index (χ0n) is 16.9. The average Bonchev–Trinajstić information content (AvgIpc) is 2.73. The first-order valence-corrected chi connectivity index (χ1v) is 11.8. The highest BCUT2D eigenvalue weighted by Crippen LogP contribution is 2.58. The van der Waals surface area contributed by atoms with Crippen LogP contribution in [0.1, 0.15) is 16.7 Å². The van der Waals surface area contributed by atoms with Gasteiger partial charge in [0.15, 0.2) is 0 Å². The molecule has 0 aliphatic carbocycles. The summed E-state index contributed by atoms with van der Waals surface area (Å²) in [5, 5.41) is 4.31. The van der Waals surface area contributed by atoms with Crippen molar-refractivity contribution in [3.63, 3.8) is 0 Å². The summed E-state index contributed by atoms with van der Waals surface area (Å²) in [5.41, 5.74) is 4.09. The number of rotatable bonds is 5. The molecular formula is C27H26BrP. The number of hydrogen-bond acceptors (Lipinski definition) is 0. The predicted molar refractivity (Wildman–Crippen MR) is 125 cm³/mol. The van der Waals surface area contributed by atoms with Gasteiger partial charge in [-0.25, -0.2) is 0 Å². The second-order valence-corrected chi connectivity index (χ2v) is 11.0. The third-order valence-corrected chi connectivity index (χ3v) is 9.67. The first-order valence-electron chi connectivity index (χ1n) is 9.80. The van der Waals surface area contributed by atoms with E-state index in [0.29, 0.717) is 0 Å². The second-order valence-electron chi connectivity index (χ2n) is 7.47. The maximum atomic E-state index is 2.36. The van der Waals surface area contributed by atoms with Gasteiger partial charge in [-0.05, 0) is 55.8 Å². The fourth-order valence-corrected chi connectivity index (χ4v) is 8.42. The molecule has 0 amide bonds. The van der Waals surface area contributed by atoms with Crippen LogP contribution in [0.2, 0.25) is 0 Å². The lowest BCUT2D eigenvalue weighted by Gasteiger charge is -2.28. The minimum atomic E-state index is -1.81. The summed E-state index contributed by atoms with van der Waals surface area (Å²) in [6.07, 6.45) is 1.04. The minimum absolute atomic E-state index is 0. The van der Waals surface area contributed by atoms with Gasteiger partial charge in [-0.2, -0.15) is 0 Å². The first kappa shape index (κ1) is 21.5. The quantitative estimate of drug-likeness (QED) is 0.401. The van der Waals surface area contributed by atoms with E-state index in [4.69, 9.17) is 0 Å². The molecule has 2 heteroatoms. The monoisotopic (exact) mass is 460 g/mol. The molecule has 146 valence electrons. The van der Waals surface area contributed by atoms with Crippen molar-refractivity contribution in [2.45, 2.75) is 20.0 Å². The molecule has 0 aliphatic heterocycles. The summed E-state index contributed by atoms with van der Waals surface area (Å²) in [7, 11) is -1.81. The van der Waals surface area contributed by atoms with E-state index in [9.17, 15) is 0 Å². The van der Waals surface area contributed by atoms with Gasteiger partial charge in [-0.3, -0.25) is 0 Å². The predicted octanol–water partition coefficient (Wildman–Crippen LogP) is 2.80. The molecule has 0 aliphatic rings. The van der Waals surface area contributed by atoms with Crippen LogP contribution in [0.25, 0.3) is 0 Å². The van der Waals surface area contributed by atoms with Crippen molar-refractivity contribution < 1.29 is 17.0 Å². The van der Waals surface area contributed by atoms with Crippen molar-refractivity contribution in [2.24, 2.45) is 0 Å². The van der Waals surface area contributed by atoms with Gasteiger partial charge in [0, 0.05) is 0 Å². The number of hydrogen-bond donors (Lipinski definition) is 0. The zero-order valence-corrected chi connectivity index (χ0v) is 19.4. The Morgan fingerprint density at radius 1 is 0.517 bits per heavy atom. The zero-order chi connectivity index (χ0) is 19.4. The van der Waals surface area contributed by atoms with Crippen molar-refractivity contribution in [1.29, 1.82) is 0 Å². The van der Waals surface area contributed by atoms with E-state index < -0.39 is 7.26 Å². The van der Waals surface area contributed by atoms with Gasteiger partial charge in [0.05, 0.1) is 6.16 Å². The molecule has 4 aromatic carbocycles. The Balaban J connectivity index is 0.00000240. The SMILES string of the molecule is Cc1cc(C)cc(C[P+](c2ccccc2)(c2ccccc2)c2ccccc2)c1.[Br-]. The standard InChI is InChI=1S/C27H26P.BrH/c1-22-18-23(2)20-24(19-22)21-28(25-12-6-3-7-13-25,26-14-8-4-9-15-26)27-16-10-5-11-17-27;/h3-20H,21H2,1-2H3;1H/q+1;/p-1. The van der Waals surface area contributed by atoms with Crippen molar-refractivity contribution in [1.82, 2.24) is 0 Å². The smallest absolute Gasteiger partial charge is 0.116 e. The lowest BCUT2D eigenvalue weighted by molar-refractivity contribution is -0.00000564. The molecule has 0 atom stereocenters. The summed E-state index contributed by atoms with van der Waals surface area (Å²) in [5.74, 6) is 0. The second kappa shape index (κ2) is 9.53. The van der Waals surface area contributed by atoms with Gasteiger partial charge in [-0.15, -0.1) is 0 Å². The van der Waals surface area contributed by atoms with Crippen molar-refractivity contribution in [2.75, 3.05) is 0 Å². The topological polar surface area (TPSA) is 0 Å². The highest BCUT2D eigenvalue weighted by Gasteiger charge is 2.45. The number of halogens is 1. The highest BCUT2D eigenvalue weighted by molar-refractivity contribution is 7.95. The summed E-state index contributed by atoms with van der Waals surface area (Å²) >= 11 is 0. The van der Waals surface area contributed by atoms with Crippen LogP contribution in [-0.2, 0) is 6.16 Å². The Morgan fingerprint density at radius 3 is 1.21 bits per heavy atom. The third-order valence-electron chi connectivity index (χ3n) is 5.29. The molecule has 4 aromatic rings. The Bertz CT molecular complexity index is 927. The van der Waals surface area contributed by atoms with Gasteiger partial charge in [0.2, 0.25) is 0 Å². The van der Waals surface area contributed by atoms with Crippen molar-refractivity contribution in [3.8, 4) is 0 Å². The Hall–Kier alpha value is -2.21. The molecule has 0 N–H and O–H groups in total. The molecule has 0 radical (unpaired) electrons. The fraction of sp³-hybridized carbons (Fsp3) is 0.111. The third kappa shape index (κ3) is 4.53. The lowest BCUT2D eigenvalue weighted by Crippen LogP contribution is -3.00. The van der Waals surface area contributed by atoms with Crippen LogP contribution in [0, 0.1) is 13.8 Å². The minimum Gasteiger partial charge on any atom is -1.00 e. The van der Waals surface area contributed by atoms with Gasteiger partial charge >= 0.3 is 0 Å². The molecule has 0 saturated heterocycles. The van der Waals surface area contributed by atoms with E-state index in [2.05, 4.69) is 123 Å². The van der Waals surface area contributed by atoms with E-state index in [1.165, 1.54) is 32.6 Å². The van der Waals surface area contributed by atoms with Crippen LogP contribution >= 0.6 is 7.26 Å². The van der Waals surface area contributed by atoms with E-state index in [-0.39, 0.29) is 17.0 Å². The van der Waals surface area contributed by atoms with Gasteiger partial charge in [0.25, 0.3) is 0 Å². The lowest BCUT2D eigenvalue weighted by atomic mass is 10.1.